The number of hydrogen-bond donors (Lipinski definition) is 1. The van der Waals surface area contributed by atoms with Crippen LogP contribution in [0.25, 0.3) is 0 Å². The molecule has 1 N–H and O–H groups in total. The molecule has 0 saturated heterocycles. The van der Waals surface area contributed by atoms with Gasteiger partial charge in [0.1, 0.15) is 0 Å². The van der Waals surface area contributed by atoms with Gasteiger partial charge >= 0.3 is 0 Å². The van der Waals surface area contributed by atoms with Crippen molar-refractivity contribution in [2.75, 3.05) is 5.32 Å². The predicted octanol–water partition coefficient (Wildman–Crippen LogP) is 4.44. The smallest absolute Gasteiger partial charge is 0.224 e. The summed E-state index contributed by atoms with van der Waals surface area (Å²) in [5.74, 6) is 0.286. The Hall–Kier alpha value is -2.09. The number of aryl methyl sites for hydroxylation is 2. The van der Waals surface area contributed by atoms with E-state index in [1.165, 1.54) is 5.56 Å². The number of rotatable bonds is 4. The van der Waals surface area contributed by atoms with E-state index in [-0.39, 0.29) is 11.8 Å². The van der Waals surface area contributed by atoms with Crippen LogP contribution in [-0.2, 0) is 4.79 Å². The van der Waals surface area contributed by atoms with Crippen LogP contribution in [0.4, 0.5) is 5.69 Å². The van der Waals surface area contributed by atoms with Gasteiger partial charge in [-0.05, 0) is 48.6 Å². The van der Waals surface area contributed by atoms with Crippen LogP contribution >= 0.6 is 0 Å². The van der Waals surface area contributed by atoms with Crippen LogP contribution in [0.3, 0.4) is 0 Å². The van der Waals surface area contributed by atoms with Gasteiger partial charge in [0.15, 0.2) is 0 Å². The van der Waals surface area contributed by atoms with Crippen LogP contribution < -0.4 is 5.32 Å². The third-order valence-electron chi connectivity index (χ3n) is 3.37. The average molecular weight is 267 g/mol. The SMILES string of the molecule is Cc1cc(C)cc(NC(=O)C[C@H](C)c2ccccc2)c1. The quantitative estimate of drug-likeness (QED) is 0.872. The van der Waals surface area contributed by atoms with Gasteiger partial charge in [-0.15, -0.1) is 0 Å². The van der Waals surface area contributed by atoms with Crippen LogP contribution in [0.15, 0.2) is 48.5 Å². The van der Waals surface area contributed by atoms with E-state index in [4.69, 9.17) is 0 Å². The highest BCUT2D eigenvalue weighted by Gasteiger charge is 2.11. The molecule has 2 nitrogen and oxygen atoms in total. The second-order valence-corrected chi connectivity index (χ2v) is 5.44. The Labute approximate surface area is 120 Å². The lowest BCUT2D eigenvalue weighted by Crippen LogP contribution is -2.14. The Morgan fingerprint density at radius 3 is 2.25 bits per heavy atom. The standard InChI is InChI=1S/C18H21NO/c1-13-9-14(2)11-17(10-13)19-18(20)12-15(3)16-7-5-4-6-8-16/h4-11,15H,12H2,1-3H3,(H,19,20)/t15-/m0/s1. The van der Waals surface area contributed by atoms with E-state index in [1.54, 1.807) is 0 Å². The lowest BCUT2D eigenvalue weighted by Gasteiger charge is -2.12. The highest BCUT2D eigenvalue weighted by atomic mass is 16.1. The van der Waals surface area contributed by atoms with E-state index in [0.29, 0.717) is 6.42 Å². The molecule has 0 spiro atoms. The molecular formula is C18H21NO. The zero-order valence-corrected chi connectivity index (χ0v) is 12.3. The number of hydrogen-bond acceptors (Lipinski definition) is 1. The second-order valence-electron chi connectivity index (χ2n) is 5.44. The summed E-state index contributed by atoms with van der Waals surface area (Å²) in [7, 11) is 0. The topological polar surface area (TPSA) is 29.1 Å². The van der Waals surface area contributed by atoms with Crippen LogP contribution in [0.5, 0.6) is 0 Å². The largest absolute Gasteiger partial charge is 0.326 e. The summed E-state index contributed by atoms with van der Waals surface area (Å²) in [5.41, 5.74) is 4.41. The molecule has 0 heterocycles. The fourth-order valence-electron chi connectivity index (χ4n) is 2.44. The molecule has 0 radical (unpaired) electrons. The minimum absolute atomic E-state index is 0.0614. The third-order valence-corrected chi connectivity index (χ3v) is 3.37. The third kappa shape index (κ3) is 3.95. The van der Waals surface area contributed by atoms with Crippen LogP contribution in [0.1, 0.15) is 36.0 Å². The van der Waals surface area contributed by atoms with Gasteiger partial charge in [-0.25, -0.2) is 0 Å². The second kappa shape index (κ2) is 6.38. The Balaban J connectivity index is 1.99. The molecule has 2 aromatic carbocycles. The molecule has 1 atom stereocenters. The van der Waals surface area contributed by atoms with Gasteiger partial charge in [0.2, 0.25) is 5.91 Å². The molecule has 0 bridgehead atoms. The van der Waals surface area contributed by atoms with Crippen LogP contribution in [0, 0.1) is 13.8 Å². The van der Waals surface area contributed by atoms with Crippen molar-refractivity contribution in [3.05, 3.63) is 65.2 Å². The Morgan fingerprint density at radius 2 is 1.65 bits per heavy atom. The summed E-state index contributed by atoms with van der Waals surface area (Å²) in [6.45, 7) is 6.15. The summed E-state index contributed by atoms with van der Waals surface area (Å²) >= 11 is 0. The van der Waals surface area contributed by atoms with Crippen LogP contribution in [-0.4, -0.2) is 5.91 Å². The average Bonchev–Trinajstić information content (AvgIpc) is 2.38. The van der Waals surface area contributed by atoms with Gasteiger partial charge in [-0.1, -0.05) is 43.3 Å². The first-order chi connectivity index (χ1) is 9.54. The first-order valence-corrected chi connectivity index (χ1v) is 6.97. The molecule has 2 aromatic rings. The Bertz CT molecular complexity index is 569. The number of nitrogens with one attached hydrogen (secondary N) is 1. The van der Waals surface area contributed by atoms with Crippen molar-refractivity contribution in [1.29, 1.82) is 0 Å². The van der Waals surface area contributed by atoms with E-state index < -0.39 is 0 Å². The number of carbonyl (C=O) groups is 1. The number of anilines is 1. The first kappa shape index (κ1) is 14.3. The van der Waals surface area contributed by atoms with Crippen molar-refractivity contribution < 1.29 is 4.79 Å². The molecule has 0 aliphatic heterocycles. The molecule has 0 unspecified atom stereocenters. The van der Waals surface area contributed by atoms with E-state index in [2.05, 4.69) is 30.4 Å². The predicted molar refractivity (Wildman–Crippen MR) is 84.0 cm³/mol. The van der Waals surface area contributed by atoms with Gasteiger partial charge in [0.25, 0.3) is 0 Å². The summed E-state index contributed by atoms with van der Waals surface area (Å²) in [6, 6.07) is 16.2. The Kier molecular flexibility index (Phi) is 4.57. The molecule has 0 aromatic heterocycles. The lowest BCUT2D eigenvalue weighted by atomic mass is 9.97. The van der Waals surface area contributed by atoms with Crippen molar-refractivity contribution in [2.24, 2.45) is 0 Å². The highest BCUT2D eigenvalue weighted by molar-refractivity contribution is 5.91. The normalized spacial score (nSPS) is 11.9. The Morgan fingerprint density at radius 1 is 1.05 bits per heavy atom. The first-order valence-electron chi connectivity index (χ1n) is 6.97. The van der Waals surface area contributed by atoms with Crippen molar-refractivity contribution in [2.45, 2.75) is 33.1 Å². The maximum atomic E-state index is 12.1. The molecule has 2 rings (SSSR count). The molecule has 0 aliphatic carbocycles. The fraction of sp³-hybridized carbons (Fsp3) is 0.278. The molecule has 0 saturated carbocycles. The van der Waals surface area contributed by atoms with Crippen LogP contribution in [0.2, 0.25) is 0 Å². The monoisotopic (exact) mass is 267 g/mol. The molecule has 104 valence electrons. The molecule has 1 amide bonds. The van der Waals surface area contributed by atoms with Crippen molar-refractivity contribution >= 4 is 11.6 Å². The minimum atomic E-state index is 0.0614. The fourth-order valence-corrected chi connectivity index (χ4v) is 2.44. The summed E-state index contributed by atoms with van der Waals surface area (Å²) in [6.07, 6.45) is 0.497. The number of carbonyl (C=O) groups excluding carboxylic acids is 1. The van der Waals surface area contributed by atoms with Crippen molar-refractivity contribution in [3.8, 4) is 0 Å². The van der Waals surface area contributed by atoms with E-state index in [0.717, 1.165) is 16.8 Å². The van der Waals surface area contributed by atoms with Crippen molar-refractivity contribution in [3.63, 3.8) is 0 Å². The van der Waals surface area contributed by atoms with Gasteiger partial charge in [-0.3, -0.25) is 4.79 Å². The van der Waals surface area contributed by atoms with Gasteiger partial charge in [0, 0.05) is 12.1 Å². The van der Waals surface area contributed by atoms with E-state index >= 15 is 0 Å². The zero-order valence-electron chi connectivity index (χ0n) is 12.3. The summed E-state index contributed by atoms with van der Waals surface area (Å²) in [4.78, 5) is 12.1. The molecular weight excluding hydrogens is 246 g/mol. The molecule has 20 heavy (non-hydrogen) atoms. The zero-order chi connectivity index (χ0) is 14.5. The molecule has 2 heteroatoms. The maximum Gasteiger partial charge on any atom is 0.224 e. The van der Waals surface area contributed by atoms with Crippen molar-refractivity contribution in [1.82, 2.24) is 0 Å². The highest BCUT2D eigenvalue weighted by Crippen LogP contribution is 2.20. The maximum absolute atomic E-state index is 12.1. The molecule has 0 aliphatic rings. The van der Waals surface area contributed by atoms with E-state index in [9.17, 15) is 4.79 Å². The lowest BCUT2D eigenvalue weighted by molar-refractivity contribution is -0.116. The van der Waals surface area contributed by atoms with E-state index in [1.807, 2.05) is 44.2 Å². The molecule has 0 fully saturated rings. The minimum Gasteiger partial charge on any atom is -0.326 e. The summed E-state index contributed by atoms with van der Waals surface area (Å²) in [5, 5.41) is 2.99. The summed E-state index contributed by atoms with van der Waals surface area (Å²) < 4.78 is 0. The van der Waals surface area contributed by atoms with Gasteiger partial charge in [-0.2, -0.15) is 0 Å². The number of amides is 1. The van der Waals surface area contributed by atoms with Gasteiger partial charge in [0.05, 0.1) is 0 Å². The number of benzene rings is 2. The van der Waals surface area contributed by atoms with Gasteiger partial charge < -0.3 is 5.32 Å².